The Bertz CT molecular complexity index is 2110. The molecule has 0 unspecified atom stereocenters. The third-order valence-corrected chi connectivity index (χ3v) is 11.7. The molecule has 1 rings (SSSR count). The van der Waals surface area contributed by atoms with Crippen LogP contribution in [0.3, 0.4) is 0 Å². The number of aliphatic carboxylic acids is 2. The van der Waals surface area contributed by atoms with E-state index in [-0.39, 0.29) is 61.4 Å². The van der Waals surface area contributed by atoms with Crippen molar-refractivity contribution in [1.29, 1.82) is 0 Å². The number of aliphatic imine (C=N–C) groups is 1. The van der Waals surface area contributed by atoms with Gasteiger partial charge in [-0.2, -0.15) is 25.3 Å². The van der Waals surface area contributed by atoms with E-state index in [0.717, 1.165) is 13.8 Å². The van der Waals surface area contributed by atoms with Crippen molar-refractivity contribution in [3.63, 3.8) is 0 Å². The largest absolute Gasteiger partial charge is 0.508 e. The van der Waals surface area contributed by atoms with Crippen LogP contribution in [0.4, 0.5) is 0 Å². The van der Waals surface area contributed by atoms with Crippen LogP contribution in [-0.2, 0) is 54.4 Å². The van der Waals surface area contributed by atoms with Crippen LogP contribution in [0.1, 0.15) is 79.2 Å². The minimum absolute atomic E-state index is 0.0257. The van der Waals surface area contributed by atoms with Crippen molar-refractivity contribution in [2.45, 2.75) is 147 Å². The van der Waals surface area contributed by atoms with Crippen LogP contribution in [0.5, 0.6) is 5.75 Å². The van der Waals surface area contributed by atoms with Gasteiger partial charge in [-0.05, 0) is 69.1 Å². The molecule has 0 saturated carbocycles. The van der Waals surface area contributed by atoms with Crippen LogP contribution < -0.4 is 59.7 Å². The fourth-order valence-corrected chi connectivity index (χ4v) is 7.21. The van der Waals surface area contributed by atoms with Gasteiger partial charge in [-0.3, -0.25) is 48.1 Å². The Labute approximate surface area is 439 Å². The molecular weight excluding hydrogens is 1010 g/mol. The molecule has 0 bridgehead atoms. The van der Waals surface area contributed by atoms with Gasteiger partial charge in [0.25, 0.3) is 0 Å². The summed E-state index contributed by atoms with van der Waals surface area (Å²) in [7, 11) is 0. The number of nitrogens with one attached hydrogen (secondary N) is 8. The maximum Gasteiger partial charge on any atom is 0.327 e. The Hall–Kier alpha value is -6.43. The van der Waals surface area contributed by atoms with Gasteiger partial charge in [-0.1, -0.05) is 39.8 Å². The van der Waals surface area contributed by atoms with Gasteiger partial charge in [0.05, 0.1) is 18.2 Å². The molecule has 19 N–H and O–H groups in total. The second kappa shape index (κ2) is 32.7. The van der Waals surface area contributed by atoms with Crippen molar-refractivity contribution in [3.8, 4) is 5.75 Å². The fourth-order valence-electron chi connectivity index (χ4n) is 6.80. The predicted molar refractivity (Wildman–Crippen MR) is 275 cm³/mol. The number of phenols is 1. The van der Waals surface area contributed by atoms with Crippen LogP contribution in [0.15, 0.2) is 29.3 Å². The van der Waals surface area contributed by atoms with Gasteiger partial charge in [0.1, 0.15) is 54.1 Å². The molecule has 0 spiro atoms. The Balaban J connectivity index is 3.50. The second-order valence-corrected chi connectivity index (χ2v) is 18.9. The minimum Gasteiger partial charge on any atom is -0.508 e. The number of aromatic hydroxyl groups is 1. The van der Waals surface area contributed by atoms with Gasteiger partial charge in [0, 0.05) is 30.9 Å². The van der Waals surface area contributed by atoms with Gasteiger partial charge in [-0.25, -0.2) is 4.79 Å². The Morgan fingerprint density at radius 3 is 1.47 bits per heavy atom. The molecule has 0 heterocycles. The number of benzene rings is 1. The number of amides is 8. The van der Waals surface area contributed by atoms with Crippen LogP contribution in [0.2, 0.25) is 0 Å². The number of guanidine groups is 1. The highest BCUT2D eigenvalue weighted by Crippen LogP contribution is 2.14. The molecule has 0 radical (unpaired) electrons. The first-order valence-corrected chi connectivity index (χ1v) is 24.8. The van der Waals surface area contributed by atoms with Crippen molar-refractivity contribution in [3.05, 3.63) is 29.8 Å². The summed E-state index contributed by atoms with van der Waals surface area (Å²) in [6.07, 6.45) is -4.62. The van der Waals surface area contributed by atoms with Crippen LogP contribution in [-0.4, -0.2) is 175 Å². The minimum atomic E-state index is -1.85. The zero-order valence-corrected chi connectivity index (χ0v) is 43.9. The number of carbonyl (C=O) groups excluding carboxylic acids is 8. The standard InChI is InChI=1S/C45H74N12O15S2/c1-20(2)16-29(39(66)52-30(17-24-9-11-25(60)12-10-24)40(67)51-27(8-7-15-49-45(47)48)37(64)54-31(19-74)44(71)72)53-42(69)34(22(5)58)57-43(70)35(23(6)59)56-41(68)33(21(3)4)55-38(65)28(13-14-32(61)62)50-36(63)26(46)18-73/h9-12,20-23,26-31,33-35,58-60,73-74H,7-8,13-19,46H2,1-6H3,(H,50,63)(H,51,67)(H,52,66)(H,53,69)(H,54,64)(H,55,65)(H,56,68)(H,57,70)(H,61,62)(H,71,72)(H4,47,48,49)/t22-,23-,26+,27+,28+,29+,30+,31+,33+,34+,35+/m1/s1. The van der Waals surface area contributed by atoms with Crippen molar-refractivity contribution in [1.82, 2.24) is 42.5 Å². The van der Waals surface area contributed by atoms with E-state index in [1.54, 1.807) is 13.8 Å². The molecule has 27 nitrogen and oxygen atoms in total. The van der Waals surface area contributed by atoms with Gasteiger partial charge < -0.3 is 85.3 Å². The Morgan fingerprint density at radius 1 is 0.568 bits per heavy atom. The molecule has 29 heteroatoms. The molecule has 0 aliphatic heterocycles. The zero-order valence-electron chi connectivity index (χ0n) is 42.1. The number of hydrogen-bond donors (Lipinski definition) is 18. The normalized spacial score (nSPS) is 15.6. The number of aliphatic hydroxyl groups excluding tert-OH is 2. The molecule has 0 aliphatic carbocycles. The smallest absolute Gasteiger partial charge is 0.327 e. The average Bonchev–Trinajstić information content (AvgIpc) is 3.31. The van der Waals surface area contributed by atoms with Crippen LogP contribution in [0, 0.1) is 11.8 Å². The third kappa shape index (κ3) is 23.6. The number of nitrogens with two attached hydrogens (primary N) is 3. The van der Waals surface area contributed by atoms with E-state index in [4.69, 9.17) is 17.2 Å². The maximum absolute atomic E-state index is 14.2. The summed E-state index contributed by atoms with van der Waals surface area (Å²) in [5.74, 6) is -12.4. The van der Waals surface area contributed by atoms with Crippen LogP contribution in [0.25, 0.3) is 0 Å². The summed E-state index contributed by atoms with van der Waals surface area (Å²) in [4.78, 5) is 136. The van der Waals surface area contributed by atoms with Crippen LogP contribution >= 0.6 is 25.3 Å². The van der Waals surface area contributed by atoms with Crippen molar-refractivity contribution in [2.24, 2.45) is 34.0 Å². The van der Waals surface area contributed by atoms with Crippen molar-refractivity contribution < 1.29 is 73.5 Å². The average molecular weight is 1090 g/mol. The number of nitrogens with zero attached hydrogens (tertiary/aromatic N) is 1. The Morgan fingerprint density at radius 2 is 1.00 bits per heavy atom. The van der Waals surface area contributed by atoms with E-state index in [2.05, 4.69) is 72.8 Å². The number of aliphatic hydroxyl groups is 2. The first-order chi connectivity index (χ1) is 34.5. The fraction of sp³-hybridized carbons (Fsp3) is 0.622. The zero-order chi connectivity index (χ0) is 56.6. The molecule has 1 aromatic carbocycles. The SMILES string of the molecule is CC(C)C[C@H](NC(=O)[C@@H](NC(=O)[C@@H](NC(=O)[C@@H](NC(=O)[C@H](CCC(=O)O)NC(=O)[C@@H](N)CS)C(C)C)[C@@H](C)O)[C@@H](C)O)C(=O)N[C@@H](Cc1ccc(O)cc1)C(=O)N[C@@H](CCCN=C(N)N)C(=O)N[C@@H](CS)C(=O)O. The summed E-state index contributed by atoms with van der Waals surface area (Å²) >= 11 is 7.92. The van der Waals surface area contributed by atoms with E-state index in [9.17, 15) is 73.5 Å². The molecule has 0 aromatic heterocycles. The first kappa shape index (κ1) is 65.6. The number of phenolic OH excluding ortho intramolecular Hbond substituents is 1. The van der Waals surface area contributed by atoms with E-state index in [1.165, 1.54) is 38.1 Å². The summed E-state index contributed by atoms with van der Waals surface area (Å²) in [5.41, 5.74) is 16.9. The van der Waals surface area contributed by atoms with Gasteiger partial charge in [-0.15, -0.1) is 0 Å². The number of hydrogen-bond acceptors (Lipinski definition) is 17. The van der Waals surface area contributed by atoms with Crippen molar-refractivity contribution >= 4 is 90.4 Å². The molecule has 1 aromatic rings. The quantitative estimate of drug-likeness (QED) is 0.0136. The van der Waals surface area contributed by atoms with E-state index >= 15 is 0 Å². The highest BCUT2D eigenvalue weighted by Gasteiger charge is 2.38. The molecule has 11 atom stereocenters. The van der Waals surface area contributed by atoms with Gasteiger partial charge in [0.15, 0.2) is 5.96 Å². The molecule has 0 saturated heterocycles. The number of thiol groups is 2. The lowest BCUT2D eigenvalue weighted by Gasteiger charge is -2.30. The molecular formula is C45H74N12O15S2. The number of carboxylic acids is 2. The Kier molecular flexibility index (Phi) is 29.0. The lowest BCUT2D eigenvalue weighted by molar-refractivity contribution is -0.141. The highest BCUT2D eigenvalue weighted by molar-refractivity contribution is 7.80. The summed E-state index contributed by atoms with van der Waals surface area (Å²) < 4.78 is 0. The molecule has 0 aliphatic rings. The van der Waals surface area contributed by atoms with Gasteiger partial charge >= 0.3 is 11.9 Å². The topological polar surface area (TPSA) is 459 Å². The molecule has 8 amide bonds. The van der Waals surface area contributed by atoms with E-state index in [0.29, 0.717) is 5.56 Å². The second-order valence-electron chi connectivity index (χ2n) is 18.2. The monoisotopic (exact) mass is 1090 g/mol. The molecule has 0 fully saturated rings. The first-order valence-electron chi connectivity index (χ1n) is 23.6. The molecule has 74 heavy (non-hydrogen) atoms. The lowest BCUT2D eigenvalue weighted by atomic mass is 9.99. The number of rotatable bonds is 33. The lowest BCUT2D eigenvalue weighted by Crippen LogP contribution is -2.64. The molecule has 416 valence electrons. The number of carbonyl (C=O) groups is 10. The summed E-state index contributed by atoms with van der Waals surface area (Å²) in [5, 5.41) is 69.4. The summed E-state index contributed by atoms with van der Waals surface area (Å²) in [6.45, 7) is 8.71. The van der Waals surface area contributed by atoms with E-state index < -0.39 is 145 Å². The van der Waals surface area contributed by atoms with Crippen molar-refractivity contribution in [2.75, 3.05) is 18.1 Å². The summed E-state index contributed by atoms with van der Waals surface area (Å²) in [6, 6.07) is -8.01. The highest BCUT2D eigenvalue weighted by atomic mass is 32.1. The van der Waals surface area contributed by atoms with Gasteiger partial charge in [0.2, 0.25) is 47.3 Å². The number of carboxylic acid groups (broad SMARTS) is 2. The third-order valence-electron chi connectivity index (χ3n) is 10.9. The maximum atomic E-state index is 14.2. The predicted octanol–water partition coefficient (Wildman–Crippen LogP) is -4.53. The van der Waals surface area contributed by atoms with E-state index in [1.807, 2.05) is 0 Å².